The normalized spacial score (nSPS) is 10.6. The second-order valence-electron chi connectivity index (χ2n) is 4.86. The quantitative estimate of drug-likeness (QED) is 0.886. The molecule has 0 atom stereocenters. The lowest BCUT2D eigenvalue weighted by Crippen LogP contribution is -2.25. The summed E-state index contributed by atoms with van der Waals surface area (Å²) in [5.74, 6) is 0.757. The van der Waals surface area contributed by atoms with Crippen LogP contribution in [0.5, 0.6) is 5.75 Å². The molecule has 0 aliphatic carbocycles. The second kappa shape index (κ2) is 6.92. The van der Waals surface area contributed by atoms with Crippen molar-refractivity contribution in [3.8, 4) is 17.0 Å². The summed E-state index contributed by atoms with van der Waals surface area (Å²) < 4.78 is 7.16. The van der Waals surface area contributed by atoms with Crippen molar-refractivity contribution in [1.82, 2.24) is 9.78 Å². The Kier molecular flexibility index (Phi) is 4.98. The highest BCUT2D eigenvalue weighted by Gasteiger charge is 2.11. The van der Waals surface area contributed by atoms with Crippen LogP contribution in [-0.2, 0) is 6.54 Å². The Labute approximate surface area is 124 Å². The summed E-state index contributed by atoms with van der Waals surface area (Å²) in [4.78, 5) is 11.9. The third-order valence-corrected chi connectivity index (χ3v) is 3.06. The standard InChI is InChI=1S/C16H21N3O2/c1-3-9-19-16(20)13(17)11-14(18-19)12-7-5-6-8-15(12)21-10-4-2/h5-8,11H,3-4,9-10,17H2,1-2H3. The fourth-order valence-electron chi connectivity index (χ4n) is 2.07. The monoisotopic (exact) mass is 287 g/mol. The van der Waals surface area contributed by atoms with Gasteiger partial charge in [-0.1, -0.05) is 26.0 Å². The molecule has 1 aromatic heterocycles. The van der Waals surface area contributed by atoms with Gasteiger partial charge in [0.05, 0.1) is 12.3 Å². The van der Waals surface area contributed by atoms with Crippen LogP contribution in [0.3, 0.4) is 0 Å². The third kappa shape index (κ3) is 3.42. The first-order valence-electron chi connectivity index (χ1n) is 7.27. The molecular weight excluding hydrogens is 266 g/mol. The van der Waals surface area contributed by atoms with Crippen molar-refractivity contribution in [2.75, 3.05) is 12.3 Å². The molecule has 0 saturated heterocycles. The molecule has 2 aromatic rings. The average molecular weight is 287 g/mol. The van der Waals surface area contributed by atoms with Crippen molar-refractivity contribution in [3.63, 3.8) is 0 Å². The summed E-state index contributed by atoms with van der Waals surface area (Å²) in [7, 11) is 0. The molecule has 0 bridgehead atoms. The third-order valence-electron chi connectivity index (χ3n) is 3.06. The number of aryl methyl sites for hydroxylation is 1. The summed E-state index contributed by atoms with van der Waals surface area (Å²) in [6.45, 7) is 5.24. The summed E-state index contributed by atoms with van der Waals surface area (Å²) in [6.07, 6.45) is 1.75. The van der Waals surface area contributed by atoms with E-state index >= 15 is 0 Å². The zero-order chi connectivity index (χ0) is 15.2. The van der Waals surface area contributed by atoms with Crippen LogP contribution in [-0.4, -0.2) is 16.4 Å². The molecular formula is C16H21N3O2. The maximum atomic E-state index is 11.9. The fraction of sp³-hybridized carbons (Fsp3) is 0.375. The first-order valence-corrected chi connectivity index (χ1v) is 7.27. The number of aromatic nitrogens is 2. The summed E-state index contributed by atoms with van der Waals surface area (Å²) in [6, 6.07) is 9.27. The van der Waals surface area contributed by atoms with Crippen molar-refractivity contribution >= 4 is 5.69 Å². The summed E-state index contributed by atoms with van der Waals surface area (Å²) in [5, 5.41) is 4.41. The van der Waals surface area contributed by atoms with Crippen molar-refractivity contribution in [2.24, 2.45) is 0 Å². The molecule has 1 heterocycles. The van der Waals surface area contributed by atoms with E-state index in [1.54, 1.807) is 6.07 Å². The molecule has 0 aliphatic heterocycles. The SMILES string of the molecule is CCCOc1ccccc1-c1cc(N)c(=O)n(CCC)n1. The van der Waals surface area contributed by atoms with Gasteiger partial charge < -0.3 is 10.5 Å². The maximum Gasteiger partial charge on any atom is 0.289 e. The van der Waals surface area contributed by atoms with Gasteiger partial charge in [-0.3, -0.25) is 4.79 Å². The molecule has 112 valence electrons. The largest absolute Gasteiger partial charge is 0.493 e. The van der Waals surface area contributed by atoms with Crippen LogP contribution in [0.25, 0.3) is 11.3 Å². The Hall–Kier alpha value is -2.30. The second-order valence-corrected chi connectivity index (χ2v) is 4.86. The van der Waals surface area contributed by atoms with Crippen molar-refractivity contribution in [3.05, 3.63) is 40.7 Å². The molecule has 0 amide bonds. The first-order chi connectivity index (χ1) is 10.2. The van der Waals surface area contributed by atoms with E-state index in [0.29, 0.717) is 18.8 Å². The zero-order valence-electron chi connectivity index (χ0n) is 12.5. The predicted molar refractivity (Wildman–Crippen MR) is 84.4 cm³/mol. The number of ether oxygens (including phenoxy) is 1. The summed E-state index contributed by atoms with van der Waals surface area (Å²) >= 11 is 0. The minimum atomic E-state index is -0.243. The van der Waals surface area contributed by atoms with Crippen LogP contribution in [0.15, 0.2) is 35.1 Å². The number of anilines is 1. The average Bonchev–Trinajstić information content (AvgIpc) is 2.50. The highest BCUT2D eigenvalue weighted by atomic mass is 16.5. The van der Waals surface area contributed by atoms with Gasteiger partial charge in [0, 0.05) is 12.1 Å². The highest BCUT2D eigenvalue weighted by Crippen LogP contribution is 2.28. The lowest BCUT2D eigenvalue weighted by Gasteiger charge is -2.12. The Bertz CT molecular complexity index is 665. The highest BCUT2D eigenvalue weighted by molar-refractivity contribution is 5.68. The Balaban J connectivity index is 2.49. The van der Waals surface area contributed by atoms with Crippen molar-refractivity contribution < 1.29 is 4.74 Å². The first kappa shape index (κ1) is 15.1. The van der Waals surface area contributed by atoms with Gasteiger partial charge in [0.15, 0.2) is 0 Å². The Morgan fingerprint density at radius 3 is 2.71 bits per heavy atom. The van der Waals surface area contributed by atoms with Gasteiger partial charge in [0.25, 0.3) is 5.56 Å². The van der Waals surface area contributed by atoms with E-state index in [4.69, 9.17) is 10.5 Å². The predicted octanol–water partition coefficient (Wildman–Crippen LogP) is 2.69. The molecule has 21 heavy (non-hydrogen) atoms. The molecule has 0 radical (unpaired) electrons. The number of para-hydroxylation sites is 1. The maximum absolute atomic E-state index is 11.9. The molecule has 0 spiro atoms. The zero-order valence-corrected chi connectivity index (χ0v) is 12.5. The van der Waals surface area contributed by atoms with Gasteiger partial charge in [-0.05, 0) is 31.0 Å². The number of hydrogen-bond acceptors (Lipinski definition) is 4. The molecule has 0 aliphatic rings. The number of nitrogen functional groups attached to an aromatic ring is 1. The van der Waals surface area contributed by atoms with Crippen molar-refractivity contribution in [2.45, 2.75) is 33.2 Å². The molecule has 2 N–H and O–H groups in total. The van der Waals surface area contributed by atoms with E-state index in [2.05, 4.69) is 12.0 Å². The van der Waals surface area contributed by atoms with Crippen LogP contribution in [0.1, 0.15) is 26.7 Å². The number of rotatable bonds is 6. The van der Waals surface area contributed by atoms with Gasteiger partial charge in [-0.25, -0.2) is 4.68 Å². The molecule has 5 nitrogen and oxygen atoms in total. The van der Waals surface area contributed by atoms with Crippen LogP contribution in [0.2, 0.25) is 0 Å². The molecule has 5 heteroatoms. The number of benzene rings is 1. The summed E-state index contributed by atoms with van der Waals surface area (Å²) in [5.41, 5.74) is 7.30. The van der Waals surface area contributed by atoms with Crippen LogP contribution >= 0.6 is 0 Å². The molecule has 1 aromatic carbocycles. The number of nitrogens with two attached hydrogens (primary N) is 1. The Morgan fingerprint density at radius 1 is 1.24 bits per heavy atom. The van der Waals surface area contributed by atoms with E-state index in [-0.39, 0.29) is 11.2 Å². The minimum absolute atomic E-state index is 0.207. The molecule has 0 unspecified atom stereocenters. The topological polar surface area (TPSA) is 70.1 Å². The fourth-order valence-corrected chi connectivity index (χ4v) is 2.07. The van der Waals surface area contributed by atoms with E-state index in [9.17, 15) is 4.79 Å². The van der Waals surface area contributed by atoms with Crippen molar-refractivity contribution in [1.29, 1.82) is 0 Å². The lowest BCUT2D eigenvalue weighted by molar-refractivity contribution is 0.318. The van der Waals surface area contributed by atoms with Gasteiger partial charge in [-0.15, -0.1) is 0 Å². The van der Waals surface area contributed by atoms with Gasteiger partial charge in [0.1, 0.15) is 11.4 Å². The van der Waals surface area contributed by atoms with Gasteiger partial charge in [0.2, 0.25) is 0 Å². The van der Waals surface area contributed by atoms with Crippen LogP contribution in [0.4, 0.5) is 5.69 Å². The van der Waals surface area contributed by atoms with Gasteiger partial charge >= 0.3 is 0 Å². The number of hydrogen-bond donors (Lipinski definition) is 1. The molecule has 2 rings (SSSR count). The molecule has 0 fully saturated rings. The Morgan fingerprint density at radius 2 is 2.00 bits per heavy atom. The minimum Gasteiger partial charge on any atom is -0.493 e. The molecule has 0 saturated carbocycles. The van der Waals surface area contributed by atoms with E-state index in [0.717, 1.165) is 24.2 Å². The van der Waals surface area contributed by atoms with Crippen LogP contribution in [0, 0.1) is 0 Å². The number of nitrogens with zero attached hydrogens (tertiary/aromatic N) is 2. The van der Waals surface area contributed by atoms with E-state index < -0.39 is 0 Å². The van der Waals surface area contributed by atoms with E-state index in [1.807, 2.05) is 31.2 Å². The van der Waals surface area contributed by atoms with E-state index in [1.165, 1.54) is 4.68 Å². The lowest BCUT2D eigenvalue weighted by atomic mass is 10.1. The van der Waals surface area contributed by atoms with Crippen LogP contribution < -0.4 is 16.0 Å². The smallest absolute Gasteiger partial charge is 0.289 e. The van der Waals surface area contributed by atoms with Gasteiger partial charge in [-0.2, -0.15) is 5.10 Å².